The number of rotatable bonds is 5. The molecule has 1 aliphatic carbocycles. The fourth-order valence-electron chi connectivity index (χ4n) is 3.25. The van der Waals surface area contributed by atoms with Gasteiger partial charge in [-0.25, -0.2) is 0 Å². The van der Waals surface area contributed by atoms with E-state index in [0.29, 0.717) is 5.92 Å². The molecule has 1 aliphatic rings. The van der Waals surface area contributed by atoms with Crippen molar-refractivity contribution < 1.29 is 0 Å². The molecule has 0 radical (unpaired) electrons. The average molecular weight is 245 g/mol. The van der Waals surface area contributed by atoms with Gasteiger partial charge in [-0.1, -0.05) is 44.5 Å². The van der Waals surface area contributed by atoms with Crippen LogP contribution in [0.3, 0.4) is 0 Å². The van der Waals surface area contributed by atoms with E-state index in [-0.39, 0.29) is 0 Å². The topological polar surface area (TPSA) is 12.0 Å². The van der Waals surface area contributed by atoms with Crippen molar-refractivity contribution in [2.45, 2.75) is 45.4 Å². The summed E-state index contributed by atoms with van der Waals surface area (Å²) in [6.45, 7) is 5.71. The molecule has 2 atom stereocenters. The van der Waals surface area contributed by atoms with E-state index in [0.717, 1.165) is 11.8 Å². The van der Waals surface area contributed by atoms with Crippen LogP contribution in [0, 0.1) is 11.8 Å². The molecular formula is C17H27N. The Morgan fingerprint density at radius 2 is 1.78 bits per heavy atom. The van der Waals surface area contributed by atoms with Crippen LogP contribution in [0.2, 0.25) is 0 Å². The van der Waals surface area contributed by atoms with Gasteiger partial charge < -0.3 is 5.32 Å². The van der Waals surface area contributed by atoms with Gasteiger partial charge in [-0.2, -0.15) is 0 Å². The van der Waals surface area contributed by atoms with Crippen molar-refractivity contribution in [1.82, 2.24) is 5.32 Å². The lowest BCUT2D eigenvalue weighted by atomic mass is 9.89. The Hall–Kier alpha value is -0.820. The van der Waals surface area contributed by atoms with Crippen molar-refractivity contribution in [3.8, 4) is 0 Å². The van der Waals surface area contributed by atoms with Gasteiger partial charge in [0.15, 0.2) is 0 Å². The molecule has 18 heavy (non-hydrogen) atoms. The summed E-state index contributed by atoms with van der Waals surface area (Å²) >= 11 is 0. The Balaban J connectivity index is 1.96. The summed E-state index contributed by atoms with van der Waals surface area (Å²) in [5.41, 5.74) is 2.98. The summed E-state index contributed by atoms with van der Waals surface area (Å²) < 4.78 is 0. The van der Waals surface area contributed by atoms with Crippen LogP contribution in [0.1, 0.15) is 50.2 Å². The maximum atomic E-state index is 3.35. The summed E-state index contributed by atoms with van der Waals surface area (Å²) in [6.07, 6.45) is 5.51. The van der Waals surface area contributed by atoms with Crippen molar-refractivity contribution in [3.05, 3.63) is 35.4 Å². The number of hydrogen-bond acceptors (Lipinski definition) is 1. The van der Waals surface area contributed by atoms with Crippen molar-refractivity contribution in [2.75, 3.05) is 13.6 Å². The molecule has 0 amide bonds. The van der Waals surface area contributed by atoms with E-state index in [1.54, 1.807) is 0 Å². The SMILES string of the molecule is CNCC1CCCC1Cc1ccc(C(C)C)cc1. The standard InChI is InChI=1S/C17H27N/c1-13(2)15-9-7-14(8-10-15)11-16-5-4-6-17(16)12-18-3/h7-10,13,16-18H,4-6,11-12H2,1-3H3. The van der Waals surface area contributed by atoms with Gasteiger partial charge in [-0.05, 0) is 61.7 Å². The van der Waals surface area contributed by atoms with Crippen molar-refractivity contribution in [2.24, 2.45) is 11.8 Å². The molecule has 2 rings (SSSR count). The molecule has 0 aromatic heterocycles. The Labute approximate surface area is 112 Å². The minimum absolute atomic E-state index is 0.641. The molecule has 1 nitrogen and oxygen atoms in total. The molecule has 0 spiro atoms. The molecular weight excluding hydrogens is 218 g/mol. The third kappa shape index (κ3) is 3.35. The molecule has 1 heteroatoms. The van der Waals surface area contributed by atoms with Crippen LogP contribution >= 0.6 is 0 Å². The molecule has 0 heterocycles. The summed E-state index contributed by atoms with van der Waals surface area (Å²) in [6, 6.07) is 9.29. The third-order valence-electron chi connectivity index (χ3n) is 4.43. The number of benzene rings is 1. The van der Waals surface area contributed by atoms with E-state index < -0.39 is 0 Å². The van der Waals surface area contributed by atoms with E-state index in [4.69, 9.17) is 0 Å². The zero-order chi connectivity index (χ0) is 13.0. The largest absolute Gasteiger partial charge is 0.319 e. The molecule has 0 saturated heterocycles. The van der Waals surface area contributed by atoms with Gasteiger partial charge in [0.2, 0.25) is 0 Å². The van der Waals surface area contributed by atoms with E-state index in [1.807, 2.05) is 0 Å². The molecule has 0 bridgehead atoms. The van der Waals surface area contributed by atoms with Gasteiger partial charge >= 0.3 is 0 Å². The first-order valence-corrected chi connectivity index (χ1v) is 7.44. The van der Waals surface area contributed by atoms with Crippen molar-refractivity contribution >= 4 is 0 Å². The maximum Gasteiger partial charge on any atom is -0.00208 e. The highest BCUT2D eigenvalue weighted by Gasteiger charge is 2.26. The van der Waals surface area contributed by atoms with Crippen LogP contribution in [0.4, 0.5) is 0 Å². The molecule has 1 fully saturated rings. The zero-order valence-corrected chi connectivity index (χ0v) is 12.1. The van der Waals surface area contributed by atoms with Gasteiger partial charge in [0.25, 0.3) is 0 Å². The first-order valence-electron chi connectivity index (χ1n) is 7.44. The van der Waals surface area contributed by atoms with E-state index in [9.17, 15) is 0 Å². The van der Waals surface area contributed by atoms with Gasteiger partial charge in [0, 0.05) is 0 Å². The molecule has 1 saturated carbocycles. The lowest BCUT2D eigenvalue weighted by Gasteiger charge is -2.19. The lowest BCUT2D eigenvalue weighted by Crippen LogP contribution is -2.23. The van der Waals surface area contributed by atoms with Crippen LogP contribution in [-0.2, 0) is 6.42 Å². The molecule has 1 N–H and O–H groups in total. The second-order valence-electron chi connectivity index (χ2n) is 6.11. The summed E-state index contributed by atoms with van der Waals surface area (Å²) in [7, 11) is 2.08. The smallest absolute Gasteiger partial charge is 0.00208 e. The van der Waals surface area contributed by atoms with Crippen LogP contribution in [0.25, 0.3) is 0 Å². The van der Waals surface area contributed by atoms with Crippen LogP contribution in [0.5, 0.6) is 0 Å². The zero-order valence-electron chi connectivity index (χ0n) is 12.1. The highest BCUT2D eigenvalue weighted by atomic mass is 14.8. The average Bonchev–Trinajstić information content (AvgIpc) is 2.78. The molecule has 100 valence electrons. The highest BCUT2D eigenvalue weighted by molar-refractivity contribution is 5.25. The predicted molar refractivity (Wildman–Crippen MR) is 79.0 cm³/mol. The maximum absolute atomic E-state index is 3.35. The Morgan fingerprint density at radius 1 is 1.11 bits per heavy atom. The second kappa shape index (κ2) is 6.38. The van der Waals surface area contributed by atoms with Gasteiger partial charge in [-0.3, -0.25) is 0 Å². The highest BCUT2D eigenvalue weighted by Crippen LogP contribution is 2.33. The van der Waals surface area contributed by atoms with Crippen LogP contribution in [-0.4, -0.2) is 13.6 Å². The molecule has 1 aromatic carbocycles. The molecule has 2 unspecified atom stereocenters. The van der Waals surface area contributed by atoms with Crippen molar-refractivity contribution in [3.63, 3.8) is 0 Å². The van der Waals surface area contributed by atoms with Gasteiger partial charge in [0.1, 0.15) is 0 Å². The molecule has 1 aromatic rings. The number of nitrogens with one attached hydrogen (secondary N) is 1. The number of hydrogen-bond donors (Lipinski definition) is 1. The van der Waals surface area contributed by atoms with E-state index >= 15 is 0 Å². The van der Waals surface area contributed by atoms with Crippen LogP contribution < -0.4 is 5.32 Å². The summed E-state index contributed by atoms with van der Waals surface area (Å²) in [5.74, 6) is 2.42. The third-order valence-corrected chi connectivity index (χ3v) is 4.43. The fraction of sp³-hybridized carbons (Fsp3) is 0.647. The van der Waals surface area contributed by atoms with E-state index in [1.165, 1.54) is 43.4 Å². The van der Waals surface area contributed by atoms with E-state index in [2.05, 4.69) is 50.5 Å². The van der Waals surface area contributed by atoms with Gasteiger partial charge in [0.05, 0.1) is 0 Å². The minimum Gasteiger partial charge on any atom is -0.319 e. The lowest BCUT2D eigenvalue weighted by molar-refractivity contribution is 0.374. The summed E-state index contributed by atoms with van der Waals surface area (Å²) in [5, 5.41) is 3.35. The first-order chi connectivity index (χ1) is 8.70. The Morgan fingerprint density at radius 3 is 2.39 bits per heavy atom. The Kier molecular flexibility index (Phi) is 4.82. The first kappa shape index (κ1) is 13.6. The minimum atomic E-state index is 0.641. The van der Waals surface area contributed by atoms with Gasteiger partial charge in [-0.15, -0.1) is 0 Å². The van der Waals surface area contributed by atoms with Crippen LogP contribution in [0.15, 0.2) is 24.3 Å². The predicted octanol–water partition coefficient (Wildman–Crippen LogP) is 3.99. The monoisotopic (exact) mass is 245 g/mol. The van der Waals surface area contributed by atoms with Crippen molar-refractivity contribution in [1.29, 1.82) is 0 Å². The second-order valence-corrected chi connectivity index (χ2v) is 6.11. The normalized spacial score (nSPS) is 23.8. The fourth-order valence-corrected chi connectivity index (χ4v) is 3.25. The summed E-state index contributed by atoms with van der Waals surface area (Å²) in [4.78, 5) is 0. The Bertz CT molecular complexity index is 352. The molecule has 0 aliphatic heterocycles. The quantitative estimate of drug-likeness (QED) is 0.827.